The van der Waals surface area contributed by atoms with Crippen LogP contribution < -0.4 is 15.8 Å². The molecule has 3 heterocycles. The standard InChI is InChI=1S/C18H18FN7O4/c19-12-2-1-11(13(9-12)26-4-3-21-23-26)10-20-16(29)14-15(28)17(30)25-6-5-24(7-8-27)18(25)22-14/h1-4,9,27-28H,5-8,10H2,(H,20,29). The van der Waals surface area contributed by atoms with E-state index in [0.717, 1.165) is 0 Å². The van der Waals surface area contributed by atoms with Crippen molar-refractivity contribution in [2.24, 2.45) is 0 Å². The zero-order valence-electron chi connectivity index (χ0n) is 15.7. The molecule has 30 heavy (non-hydrogen) atoms. The number of hydrogen-bond donors (Lipinski definition) is 3. The van der Waals surface area contributed by atoms with Gasteiger partial charge in [0.25, 0.3) is 11.5 Å². The van der Waals surface area contributed by atoms with Crippen LogP contribution >= 0.6 is 0 Å². The van der Waals surface area contributed by atoms with Crippen molar-refractivity contribution in [3.8, 4) is 11.4 Å². The zero-order chi connectivity index (χ0) is 21.3. The summed E-state index contributed by atoms with van der Waals surface area (Å²) in [4.78, 5) is 30.9. The number of hydrogen-bond acceptors (Lipinski definition) is 8. The van der Waals surface area contributed by atoms with Crippen molar-refractivity contribution in [1.82, 2.24) is 29.9 Å². The number of halogens is 1. The molecule has 0 fully saturated rings. The van der Waals surface area contributed by atoms with Crippen molar-refractivity contribution in [2.45, 2.75) is 13.1 Å². The fourth-order valence-electron chi connectivity index (χ4n) is 3.28. The van der Waals surface area contributed by atoms with Gasteiger partial charge in [-0.15, -0.1) is 5.10 Å². The summed E-state index contributed by atoms with van der Waals surface area (Å²) in [6, 6.07) is 3.98. The Morgan fingerprint density at radius 1 is 1.30 bits per heavy atom. The van der Waals surface area contributed by atoms with Gasteiger partial charge >= 0.3 is 0 Å². The lowest BCUT2D eigenvalue weighted by Crippen LogP contribution is -2.30. The van der Waals surface area contributed by atoms with E-state index in [2.05, 4.69) is 20.6 Å². The maximum absolute atomic E-state index is 13.7. The van der Waals surface area contributed by atoms with Crippen LogP contribution in [0.1, 0.15) is 16.1 Å². The number of aliphatic hydroxyl groups is 1. The van der Waals surface area contributed by atoms with Crippen molar-refractivity contribution in [1.29, 1.82) is 0 Å². The molecule has 0 saturated heterocycles. The summed E-state index contributed by atoms with van der Waals surface area (Å²) in [5.74, 6) is -1.79. The van der Waals surface area contributed by atoms with Gasteiger partial charge in [0.15, 0.2) is 5.69 Å². The second kappa shape index (κ2) is 7.91. The molecule has 4 rings (SSSR count). The molecule has 0 unspecified atom stereocenters. The summed E-state index contributed by atoms with van der Waals surface area (Å²) in [6.07, 6.45) is 2.97. The Bertz CT molecular complexity index is 1150. The number of nitrogens with one attached hydrogen (secondary N) is 1. The molecule has 3 N–H and O–H groups in total. The zero-order valence-corrected chi connectivity index (χ0v) is 15.7. The minimum Gasteiger partial charge on any atom is -0.501 e. The normalized spacial score (nSPS) is 12.8. The Hall–Kier alpha value is -3.80. The first kappa shape index (κ1) is 19.5. The third-order valence-electron chi connectivity index (χ3n) is 4.74. The second-order valence-corrected chi connectivity index (χ2v) is 6.58. The summed E-state index contributed by atoms with van der Waals surface area (Å²) in [6.45, 7) is 0.800. The van der Waals surface area contributed by atoms with Gasteiger partial charge in [-0.25, -0.2) is 14.1 Å². The van der Waals surface area contributed by atoms with Crippen LogP contribution in [0.2, 0.25) is 0 Å². The number of carbonyl (C=O) groups excluding carboxylic acids is 1. The van der Waals surface area contributed by atoms with Crippen molar-refractivity contribution in [3.63, 3.8) is 0 Å². The topological polar surface area (TPSA) is 138 Å². The van der Waals surface area contributed by atoms with Gasteiger partial charge in [0.05, 0.1) is 24.7 Å². The minimum atomic E-state index is -0.766. The molecule has 11 nitrogen and oxygen atoms in total. The predicted octanol–water partition coefficient (Wildman–Crippen LogP) is -0.589. The van der Waals surface area contributed by atoms with Crippen LogP contribution in [0.25, 0.3) is 5.69 Å². The highest BCUT2D eigenvalue weighted by Crippen LogP contribution is 2.21. The van der Waals surface area contributed by atoms with Gasteiger partial charge in [0.2, 0.25) is 11.7 Å². The van der Waals surface area contributed by atoms with Crippen molar-refractivity contribution >= 4 is 11.9 Å². The first-order valence-corrected chi connectivity index (χ1v) is 9.12. The van der Waals surface area contributed by atoms with E-state index in [1.165, 1.54) is 39.8 Å². The van der Waals surface area contributed by atoms with Crippen LogP contribution in [0, 0.1) is 5.82 Å². The minimum absolute atomic E-state index is 0.0335. The molecular weight excluding hydrogens is 397 g/mol. The highest BCUT2D eigenvalue weighted by atomic mass is 19.1. The fourth-order valence-corrected chi connectivity index (χ4v) is 3.28. The number of amides is 1. The van der Waals surface area contributed by atoms with Crippen molar-refractivity contribution in [3.05, 3.63) is 58.0 Å². The average molecular weight is 415 g/mol. The van der Waals surface area contributed by atoms with E-state index in [1.807, 2.05) is 0 Å². The molecule has 0 saturated carbocycles. The lowest BCUT2D eigenvalue weighted by molar-refractivity contribution is 0.0942. The molecule has 1 aliphatic rings. The molecule has 156 valence electrons. The highest BCUT2D eigenvalue weighted by Gasteiger charge is 2.27. The van der Waals surface area contributed by atoms with Crippen LogP contribution in [0.4, 0.5) is 10.3 Å². The molecule has 2 aromatic heterocycles. The lowest BCUT2D eigenvalue weighted by Gasteiger charge is -2.16. The molecular formula is C18H18FN7O4. The molecule has 1 aliphatic heterocycles. The quantitative estimate of drug-likeness (QED) is 0.486. The second-order valence-electron chi connectivity index (χ2n) is 6.58. The Morgan fingerprint density at radius 3 is 2.87 bits per heavy atom. The van der Waals surface area contributed by atoms with Crippen molar-refractivity contribution < 1.29 is 19.4 Å². The maximum Gasteiger partial charge on any atom is 0.298 e. The van der Waals surface area contributed by atoms with Gasteiger partial charge in [-0.2, -0.15) is 0 Å². The van der Waals surface area contributed by atoms with Gasteiger partial charge in [-0.1, -0.05) is 11.3 Å². The fraction of sp³-hybridized carbons (Fsp3) is 0.278. The largest absolute Gasteiger partial charge is 0.501 e. The Labute approximate surface area is 169 Å². The molecule has 0 spiro atoms. The third-order valence-corrected chi connectivity index (χ3v) is 4.74. The smallest absolute Gasteiger partial charge is 0.298 e. The molecule has 0 aliphatic carbocycles. The van der Waals surface area contributed by atoms with Crippen LogP contribution in [0.15, 0.2) is 35.4 Å². The van der Waals surface area contributed by atoms with E-state index >= 15 is 0 Å². The Kier molecular flexibility index (Phi) is 5.14. The summed E-state index contributed by atoms with van der Waals surface area (Å²) < 4.78 is 16.3. The van der Waals surface area contributed by atoms with Crippen LogP contribution in [0.5, 0.6) is 5.75 Å². The number of rotatable bonds is 6. The maximum atomic E-state index is 13.7. The molecule has 3 aromatic rings. The first-order valence-electron chi connectivity index (χ1n) is 9.12. The number of aromatic hydroxyl groups is 1. The summed E-state index contributed by atoms with van der Waals surface area (Å²) >= 11 is 0. The number of fused-ring (bicyclic) bond motifs is 1. The van der Waals surface area contributed by atoms with Gasteiger partial charge in [-0.05, 0) is 17.7 Å². The van der Waals surface area contributed by atoms with Gasteiger partial charge in [0, 0.05) is 26.2 Å². The number of nitrogens with zero attached hydrogens (tertiary/aromatic N) is 6. The number of benzene rings is 1. The van der Waals surface area contributed by atoms with E-state index in [-0.39, 0.29) is 25.6 Å². The van der Waals surface area contributed by atoms with Crippen LogP contribution in [0.3, 0.4) is 0 Å². The van der Waals surface area contributed by atoms with Gasteiger partial charge in [-0.3, -0.25) is 14.2 Å². The summed E-state index contributed by atoms with van der Waals surface area (Å²) in [5, 5.41) is 29.5. The molecule has 1 amide bonds. The number of carbonyl (C=O) groups is 1. The third kappa shape index (κ3) is 3.48. The van der Waals surface area contributed by atoms with Crippen LogP contribution in [-0.4, -0.2) is 60.4 Å². The van der Waals surface area contributed by atoms with Gasteiger partial charge in [0.1, 0.15) is 5.82 Å². The van der Waals surface area contributed by atoms with Crippen LogP contribution in [-0.2, 0) is 13.1 Å². The van der Waals surface area contributed by atoms with E-state index in [4.69, 9.17) is 5.11 Å². The number of anilines is 1. The van der Waals surface area contributed by atoms with Crippen molar-refractivity contribution in [2.75, 3.05) is 24.6 Å². The molecule has 0 atom stereocenters. The highest BCUT2D eigenvalue weighted by molar-refractivity contribution is 5.95. The van der Waals surface area contributed by atoms with E-state index in [9.17, 15) is 19.1 Å². The monoisotopic (exact) mass is 415 g/mol. The summed E-state index contributed by atoms with van der Waals surface area (Å²) in [7, 11) is 0. The molecule has 0 bridgehead atoms. The average Bonchev–Trinajstić information content (AvgIpc) is 3.40. The number of aliphatic hydroxyl groups excluding tert-OH is 1. The first-order chi connectivity index (χ1) is 14.5. The Morgan fingerprint density at radius 2 is 2.13 bits per heavy atom. The van der Waals surface area contributed by atoms with E-state index in [0.29, 0.717) is 24.3 Å². The molecule has 12 heteroatoms. The van der Waals surface area contributed by atoms with E-state index in [1.54, 1.807) is 4.90 Å². The number of aromatic nitrogens is 5. The summed E-state index contributed by atoms with van der Waals surface area (Å²) in [5.41, 5.74) is -0.223. The van der Waals surface area contributed by atoms with Gasteiger partial charge < -0.3 is 20.4 Å². The van der Waals surface area contributed by atoms with E-state index < -0.39 is 28.7 Å². The number of β-amino-alcohol motifs (C(OH)–C–C–N with tert-alkyl or cyclic N) is 1. The SMILES string of the molecule is O=C(NCc1ccc(F)cc1-n1ccnn1)c1nc2n(c(=O)c1O)CCN2CCO. The predicted molar refractivity (Wildman–Crippen MR) is 102 cm³/mol. The lowest BCUT2D eigenvalue weighted by atomic mass is 10.1. The molecule has 0 radical (unpaired) electrons. The Balaban J connectivity index is 1.60. The molecule has 1 aromatic carbocycles.